The van der Waals surface area contributed by atoms with Crippen LogP contribution in [0.25, 0.3) is 0 Å². The number of fused-ring (bicyclic) bond motifs is 1. The monoisotopic (exact) mass is 545 g/mol. The highest BCUT2D eigenvalue weighted by Gasteiger charge is 2.38. The number of anilines is 5. The summed E-state index contributed by atoms with van der Waals surface area (Å²) in [5, 5.41) is 9.99. The second kappa shape index (κ2) is 12.7. The van der Waals surface area contributed by atoms with E-state index in [0.29, 0.717) is 55.4 Å². The lowest BCUT2D eigenvalue weighted by Gasteiger charge is -2.41. The van der Waals surface area contributed by atoms with E-state index in [-0.39, 0.29) is 12.1 Å². The number of methoxy groups -OCH3 is 2. The molecule has 210 valence electrons. The first kappa shape index (κ1) is 27.2. The van der Waals surface area contributed by atoms with Gasteiger partial charge in [0.05, 0.1) is 50.5 Å². The van der Waals surface area contributed by atoms with E-state index in [1.54, 1.807) is 42.4 Å². The van der Waals surface area contributed by atoms with Crippen molar-refractivity contribution in [1.29, 1.82) is 0 Å². The number of nitrogens with zero attached hydrogens (tertiary/aromatic N) is 4. The topological polar surface area (TPSA) is 113 Å². The third-order valence-corrected chi connectivity index (χ3v) is 6.89. The van der Waals surface area contributed by atoms with Crippen LogP contribution in [0, 0.1) is 0 Å². The number of amides is 2. The third kappa shape index (κ3) is 5.95. The van der Waals surface area contributed by atoms with Crippen LogP contribution in [-0.2, 0) is 11.3 Å². The molecule has 11 nitrogen and oxygen atoms in total. The van der Waals surface area contributed by atoms with Crippen molar-refractivity contribution >= 4 is 34.9 Å². The Morgan fingerprint density at radius 2 is 1.93 bits per heavy atom. The molecule has 1 aromatic heterocycles. The average molecular weight is 546 g/mol. The van der Waals surface area contributed by atoms with E-state index in [4.69, 9.17) is 19.2 Å². The molecule has 0 bridgehead atoms. The lowest BCUT2D eigenvalue weighted by atomic mass is 10.0. The van der Waals surface area contributed by atoms with Gasteiger partial charge in [-0.15, -0.1) is 6.58 Å². The minimum absolute atomic E-state index is 0.0472. The number of rotatable bonds is 11. The first-order chi connectivity index (χ1) is 19.6. The van der Waals surface area contributed by atoms with Gasteiger partial charge in [-0.05, 0) is 31.5 Å². The zero-order valence-electron chi connectivity index (χ0n) is 22.9. The van der Waals surface area contributed by atoms with Crippen molar-refractivity contribution in [1.82, 2.24) is 15.3 Å². The van der Waals surface area contributed by atoms with Crippen molar-refractivity contribution in [2.75, 3.05) is 61.1 Å². The number of piperidine rings is 1. The molecule has 1 unspecified atom stereocenters. The summed E-state index contributed by atoms with van der Waals surface area (Å²) in [5.41, 5.74) is 3.17. The first-order valence-corrected chi connectivity index (χ1v) is 13.3. The Morgan fingerprint density at radius 3 is 2.62 bits per heavy atom. The van der Waals surface area contributed by atoms with Gasteiger partial charge in [-0.25, -0.2) is 9.78 Å². The molecule has 1 saturated heterocycles. The van der Waals surface area contributed by atoms with Gasteiger partial charge in [0, 0.05) is 36.5 Å². The molecule has 2 amide bonds. The minimum Gasteiger partial charge on any atom is -0.497 e. The van der Waals surface area contributed by atoms with Gasteiger partial charge in [-0.3, -0.25) is 9.80 Å². The molecule has 0 radical (unpaired) electrons. The Bertz CT molecular complexity index is 1320. The summed E-state index contributed by atoms with van der Waals surface area (Å²) in [4.78, 5) is 27.1. The van der Waals surface area contributed by atoms with Crippen LogP contribution in [0.2, 0.25) is 0 Å². The van der Waals surface area contributed by atoms with Crippen molar-refractivity contribution in [3.05, 3.63) is 66.9 Å². The third-order valence-electron chi connectivity index (χ3n) is 6.89. The van der Waals surface area contributed by atoms with Gasteiger partial charge < -0.3 is 30.2 Å². The van der Waals surface area contributed by atoms with Crippen molar-refractivity contribution in [2.24, 2.45) is 0 Å². The fourth-order valence-corrected chi connectivity index (χ4v) is 4.91. The number of hydrogen-bond acceptors (Lipinski definition) is 9. The van der Waals surface area contributed by atoms with Gasteiger partial charge in [-0.2, -0.15) is 4.98 Å². The second-order valence-corrected chi connectivity index (χ2v) is 9.50. The molecule has 3 N–H and O–H groups in total. The quantitative estimate of drug-likeness (QED) is 0.182. The molecule has 0 aliphatic carbocycles. The molecule has 0 spiro atoms. The summed E-state index contributed by atoms with van der Waals surface area (Å²) in [6, 6.07) is 13.0. The Kier molecular flexibility index (Phi) is 8.62. The lowest BCUT2D eigenvalue weighted by Crippen LogP contribution is -2.56. The van der Waals surface area contributed by atoms with Gasteiger partial charge in [0.15, 0.2) is 0 Å². The van der Waals surface area contributed by atoms with Gasteiger partial charge in [-0.1, -0.05) is 18.2 Å². The van der Waals surface area contributed by atoms with Crippen molar-refractivity contribution in [3.8, 4) is 11.5 Å². The van der Waals surface area contributed by atoms with Crippen LogP contribution < -0.4 is 35.2 Å². The fraction of sp³-hybridized carbons (Fsp3) is 0.345. The van der Waals surface area contributed by atoms with Crippen LogP contribution in [0.15, 0.2) is 61.3 Å². The normalized spacial score (nSPS) is 16.8. The maximum Gasteiger partial charge on any atom is 0.330 e. The van der Waals surface area contributed by atoms with E-state index in [9.17, 15) is 4.79 Å². The summed E-state index contributed by atoms with van der Waals surface area (Å²) >= 11 is 0. The molecule has 3 heterocycles. The largest absolute Gasteiger partial charge is 0.497 e. The molecule has 2 aromatic carbocycles. The van der Waals surface area contributed by atoms with Crippen molar-refractivity contribution in [3.63, 3.8) is 0 Å². The molecule has 2 aliphatic heterocycles. The highest BCUT2D eigenvalue weighted by atomic mass is 16.5. The van der Waals surface area contributed by atoms with Gasteiger partial charge in [0.1, 0.15) is 24.0 Å². The molecule has 1 fully saturated rings. The zero-order valence-corrected chi connectivity index (χ0v) is 22.9. The van der Waals surface area contributed by atoms with Gasteiger partial charge >= 0.3 is 6.03 Å². The number of hydrogen-bond donors (Lipinski definition) is 3. The smallest absolute Gasteiger partial charge is 0.330 e. The van der Waals surface area contributed by atoms with E-state index in [1.807, 2.05) is 36.4 Å². The summed E-state index contributed by atoms with van der Waals surface area (Å²) in [6.45, 7) is 6.39. The number of para-hydroxylation sites is 2. The number of carbonyl (C=O) groups excluding carboxylic acids is 1. The average Bonchev–Trinajstić information content (AvgIpc) is 3.00. The van der Waals surface area contributed by atoms with Crippen LogP contribution >= 0.6 is 0 Å². The Labute approximate surface area is 234 Å². The van der Waals surface area contributed by atoms with Crippen LogP contribution in [0.5, 0.6) is 11.5 Å². The highest BCUT2D eigenvalue weighted by molar-refractivity contribution is 6.06. The summed E-state index contributed by atoms with van der Waals surface area (Å²) in [6.07, 6.45) is 5.33. The summed E-state index contributed by atoms with van der Waals surface area (Å²) < 4.78 is 16.4. The van der Waals surface area contributed by atoms with Crippen LogP contribution in [0.1, 0.15) is 18.4 Å². The number of carbonyl (C=O) groups is 1. The van der Waals surface area contributed by atoms with E-state index >= 15 is 0 Å². The standard InChI is InChI=1S/C29H35N7O4/c1-4-12-40-19-32-25-9-5-6-10-26(25)33-28-31-16-20-18-35(22-13-23(38-2)15-24(14-22)39-3)29(37)36(27(20)34-28)21-8-7-11-30-17-21/h4-6,9-10,13-16,21,30,32H,1,7-8,11-12,17-19H2,2-3H3,(H,31,33,34). The predicted molar refractivity (Wildman–Crippen MR) is 156 cm³/mol. The molecule has 1 atom stereocenters. The van der Waals surface area contributed by atoms with E-state index in [2.05, 4.69) is 27.5 Å². The number of benzene rings is 2. The number of aromatic nitrogens is 2. The summed E-state index contributed by atoms with van der Waals surface area (Å²) in [7, 11) is 3.19. The van der Waals surface area contributed by atoms with Crippen molar-refractivity contribution < 1.29 is 19.0 Å². The lowest BCUT2D eigenvalue weighted by molar-refractivity contribution is 0.183. The van der Waals surface area contributed by atoms with Crippen LogP contribution in [0.4, 0.5) is 33.6 Å². The predicted octanol–water partition coefficient (Wildman–Crippen LogP) is 4.51. The SMILES string of the molecule is C=CCOCNc1ccccc1Nc1ncc2c(n1)N(C1CCCNC1)C(=O)N(c1cc(OC)cc(OC)c1)C2. The van der Waals surface area contributed by atoms with E-state index in [0.717, 1.165) is 36.3 Å². The Hall–Kier alpha value is -4.35. The summed E-state index contributed by atoms with van der Waals surface area (Å²) in [5.74, 6) is 2.23. The Balaban J connectivity index is 1.47. The van der Waals surface area contributed by atoms with Crippen LogP contribution in [0.3, 0.4) is 0 Å². The number of urea groups is 1. The maximum atomic E-state index is 14.1. The molecule has 11 heteroatoms. The number of nitrogens with one attached hydrogen (secondary N) is 3. The van der Waals surface area contributed by atoms with Gasteiger partial charge in [0.25, 0.3) is 0 Å². The van der Waals surface area contributed by atoms with Gasteiger partial charge in [0.2, 0.25) is 5.95 Å². The first-order valence-electron chi connectivity index (χ1n) is 13.3. The second-order valence-electron chi connectivity index (χ2n) is 9.50. The maximum absolute atomic E-state index is 14.1. The molecule has 5 rings (SSSR count). The molecule has 40 heavy (non-hydrogen) atoms. The van der Waals surface area contributed by atoms with E-state index in [1.165, 1.54) is 0 Å². The highest BCUT2D eigenvalue weighted by Crippen LogP contribution is 2.37. The minimum atomic E-state index is -0.150. The number of ether oxygens (including phenoxy) is 3. The Morgan fingerprint density at radius 1 is 1.15 bits per heavy atom. The van der Waals surface area contributed by atoms with Crippen LogP contribution in [-0.4, -0.2) is 62.7 Å². The molecule has 0 saturated carbocycles. The van der Waals surface area contributed by atoms with Crippen molar-refractivity contribution in [2.45, 2.75) is 25.4 Å². The molecule has 3 aromatic rings. The molecule has 2 aliphatic rings. The fourth-order valence-electron chi connectivity index (χ4n) is 4.91. The zero-order chi connectivity index (χ0) is 27.9. The molecular formula is C29H35N7O4. The van der Waals surface area contributed by atoms with E-state index < -0.39 is 0 Å². The molecular weight excluding hydrogens is 510 g/mol.